The van der Waals surface area contributed by atoms with Crippen molar-refractivity contribution in [3.8, 4) is 0 Å². The summed E-state index contributed by atoms with van der Waals surface area (Å²) in [5.41, 5.74) is 0.965. The van der Waals surface area contributed by atoms with Crippen molar-refractivity contribution in [1.29, 1.82) is 0 Å². The summed E-state index contributed by atoms with van der Waals surface area (Å²) in [6, 6.07) is 10.1. The summed E-state index contributed by atoms with van der Waals surface area (Å²) in [5.74, 6) is 0.192. The Morgan fingerprint density at radius 1 is 1.33 bits per heavy atom. The molecule has 0 saturated heterocycles. The highest BCUT2D eigenvalue weighted by atomic mass is 32.2. The molecule has 0 spiro atoms. The molecule has 2 aromatic rings. The first-order chi connectivity index (χ1) is 11.5. The molecule has 24 heavy (non-hydrogen) atoms. The normalized spacial score (nSPS) is 13.5. The van der Waals surface area contributed by atoms with E-state index >= 15 is 0 Å². The van der Waals surface area contributed by atoms with Crippen molar-refractivity contribution in [2.24, 2.45) is 0 Å². The average Bonchev–Trinajstić information content (AvgIpc) is 2.93. The molecule has 7 heteroatoms. The highest BCUT2D eigenvalue weighted by molar-refractivity contribution is 8.00. The highest BCUT2D eigenvalue weighted by Gasteiger charge is 2.19. The molecule has 0 fully saturated rings. The molecular formula is C17H24N4O2S. The Morgan fingerprint density at radius 2 is 2.04 bits per heavy atom. The number of aromatic nitrogens is 3. The van der Waals surface area contributed by atoms with Crippen LogP contribution < -0.4 is 11.0 Å². The largest absolute Gasteiger partial charge is 0.355 e. The number of nitrogens with zero attached hydrogens (tertiary/aromatic N) is 2. The molecule has 0 saturated carbocycles. The molecule has 130 valence electrons. The second-order valence-electron chi connectivity index (χ2n) is 5.78. The van der Waals surface area contributed by atoms with Crippen molar-refractivity contribution in [3.63, 3.8) is 0 Å². The van der Waals surface area contributed by atoms with E-state index in [4.69, 9.17) is 0 Å². The van der Waals surface area contributed by atoms with Gasteiger partial charge in [0, 0.05) is 13.1 Å². The molecule has 0 aliphatic carbocycles. The van der Waals surface area contributed by atoms with E-state index in [9.17, 15) is 9.59 Å². The lowest BCUT2D eigenvalue weighted by molar-refractivity contribution is -0.120. The number of amides is 1. The Bertz CT molecular complexity index is 711. The highest BCUT2D eigenvalue weighted by Crippen LogP contribution is 2.20. The Morgan fingerprint density at radius 3 is 2.71 bits per heavy atom. The molecule has 6 nitrogen and oxygen atoms in total. The van der Waals surface area contributed by atoms with Crippen LogP contribution in [0.2, 0.25) is 0 Å². The number of H-pyrrole nitrogens is 1. The Labute approximate surface area is 146 Å². The fourth-order valence-corrected chi connectivity index (χ4v) is 3.23. The van der Waals surface area contributed by atoms with Crippen molar-refractivity contribution >= 4 is 17.7 Å². The third kappa shape index (κ3) is 4.74. The molecule has 1 heterocycles. The Balaban J connectivity index is 1.90. The zero-order chi connectivity index (χ0) is 17.5. The van der Waals surface area contributed by atoms with Crippen LogP contribution in [0.25, 0.3) is 0 Å². The number of nitrogens with one attached hydrogen (secondary N) is 2. The molecule has 1 amide bonds. The fourth-order valence-electron chi connectivity index (χ4n) is 2.32. The monoisotopic (exact) mass is 348 g/mol. The van der Waals surface area contributed by atoms with Crippen LogP contribution >= 0.6 is 11.8 Å². The number of hydrogen-bond donors (Lipinski definition) is 2. The third-order valence-corrected chi connectivity index (χ3v) is 4.86. The molecule has 1 aromatic heterocycles. The van der Waals surface area contributed by atoms with Gasteiger partial charge in [-0.05, 0) is 24.8 Å². The number of carbonyl (C=O) groups excluding carboxylic acids is 1. The van der Waals surface area contributed by atoms with E-state index in [0.29, 0.717) is 18.2 Å². The smallest absolute Gasteiger partial charge is 0.343 e. The lowest BCUT2D eigenvalue weighted by Gasteiger charge is -2.16. The van der Waals surface area contributed by atoms with Crippen LogP contribution in [-0.2, 0) is 11.3 Å². The van der Waals surface area contributed by atoms with Gasteiger partial charge in [0.2, 0.25) is 5.91 Å². The van der Waals surface area contributed by atoms with Gasteiger partial charge in [-0.3, -0.25) is 9.36 Å². The minimum absolute atomic E-state index is 0.0544. The quantitative estimate of drug-likeness (QED) is 0.718. The summed E-state index contributed by atoms with van der Waals surface area (Å²) in [5, 5.41) is 9.66. The number of thioether (sulfide) groups is 1. The van der Waals surface area contributed by atoms with Gasteiger partial charge in [0.1, 0.15) is 0 Å². The predicted molar refractivity (Wildman–Crippen MR) is 96.3 cm³/mol. The van der Waals surface area contributed by atoms with Crippen molar-refractivity contribution in [2.75, 3.05) is 6.54 Å². The maximum Gasteiger partial charge on any atom is 0.343 e. The van der Waals surface area contributed by atoms with E-state index < -0.39 is 0 Å². The summed E-state index contributed by atoms with van der Waals surface area (Å²) in [7, 11) is 0. The van der Waals surface area contributed by atoms with E-state index in [1.54, 1.807) is 4.57 Å². The average molecular weight is 348 g/mol. The third-order valence-electron chi connectivity index (χ3n) is 3.77. The van der Waals surface area contributed by atoms with Gasteiger partial charge >= 0.3 is 5.69 Å². The molecule has 0 radical (unpaired) electrons. The van der Waals surface area contributed by atoms with Crippen LogP contribution in [0.4, 0.5) is 0 Å². The van der Waals surface area contributed by atoms with Crippen molar-refractivity contribution in [1.82, 2.24) is 20.1 Å². The van der Waals surface area contributed by atoms with Crippen LogP contribution in [0.3, 0.4) is 0 Å². The number of benzene rings is 1. The topological polar surface area (TPSA) is 79.8 Å². The number of aromatic amines is 1. The predicted octanol–water partition coefficient (Wildman–Crippen LogP) is 2.38. The first kappa shape index (κ1) is 18.3. The first-order valence-corrected chi connectivity index (χ1v) is 9.05. The molecule has 2 N–H and O–H groups in total. The maximum atomic E-state index is 12.3. The number of hydrogen-bond acceptors (Lipinski definition) is 4. The minimum atomic E-state index is -0.321. The molecule has 0 aliphatic rings. The van der Waals surface area contributed by atoms with E-state index in [1.165, 1.54) is 17.3 Å². The summed E-state index contributed by atoms with van der Waals surface area (Å²) in [4.78, 5) is 24.0. The van der Waals surface area contributed by atoms with Gasteiger partial charge in [0.05, 0.1) is 5.25 Å². The van der Waals surface area contributed by atoms with Crippen molar-refractivity contribution in [3.05, 3.63) is 46.4 Å². The van der Waals surface area contributed by atoms with Gasteiger partial charge < -0.3 is 5.32 Å². The SMILES string of the molecule is CCCn1c(S[C@@H](C)C(=O)NC[C@@H](C)c2ccccc2)n[nH]c1=O. The van der Waals surface area contributed by atoms with Crippen LogP contribution in [0.5, 0.6) is 0 Å². The van der Waals surface area contributed by atoms with Gasteiger partial charge in [-0.25, -0.2) is 9.89 Å². The number of rotatable bonds is 8. The van der Waals surface area contributed by atoms with Gasteiger partial charge in [-0.1, -0.05) is 55.9 Å². The molecular weight excluding hydrogens is 324 g/mol. The van der Waals surface area contributed by atoms with Crippen molar-refractivity contribution < 1.29 is 4.79 Å². The Kier molecular flexibility index (Phi) is 6.66. The van der Waals surface area contributed by atoms with Gasteiger partial charge in [-0.2, -0.15) is 0 Å². The standard InChI is InChI=1S/C17H24N4O2S/c1-4-10-21-16(23)19-20-17(21)24-13(3)15(22)18-11-12(2)14-8-6-5-7-9-14/h5-9,12-13H,4,10-11H2,1-3H3,(H,18,22)(H,19,23)/t12-,13+/m1/s1. The molecule has 1 aromatic carbocycles. The minimum Gasteiger partial charge on any atom is -0.355 e. The lowest BCUT2D eigenvalue weighted by Crippen LogP contribution is -2.33. The zero-order valence-electron chi connectivity index (χ0n) is 14.3. The first-order valence-electron chi connectivity index (χ1n) is 8.17. The molecule has 0 bridgehead atoms. The summed E-state index contributed by atoms with van der Waals surface area (Å²) < 4.78 is 1.57. The fraction of sp³-hybridized carbons (Fsp3) is 0.471. The van der Waals surface area contributed by atoms with Crippen LogP contribution in [0.15, 0.2) is 40.3 Å². The van der Waals surface area contributed by atoms with E-state index in [0.717, 1.165) is 6.42 Å². The van der Waals surface area contributed by atoms with Gasteiger partial charge in [0.25, 0.3) is 0 Å². The Hall–Kier alpha value is -2.02. The van der Waals surface area contributed by atoms with Crippen molar-refractivity contribution in [2.45, 2.75) is 50.1 Å². The molecule has 2 rings (SSSR count). The van der Waals surface area contributed by atoms with Crippen LogP contribution in [0, 0.1) is 0 Å². The van der Waals surface area contributed by atoms with E-state index in [2.05, 4.69) is 34.6 Å². The second kappa shape index (κ2) is 8.73. The summed E-state index contributed by atoms with van der Waals surface area (Å²) in [6.07, 6.45) is 0.835. The molecule has 2 atom stereocenters. The van der Waals surface area contributed by atoms with E-state index in [1.807, 2.05) is 32.0 Å². The maximum absolute atomic E-state index is 12.3. The zero-order valence-corrected chi connectivity index (χ0v) is 15.1. The number of carbonyl (C=O) groups is 1. The summed E-state index contributed by atoms with van der Waals surface area (Å²) >= 11 is 1.30. The lowest BCUT2D eigenvalue weighted by atomic mass is 10.0. The van der Waals surface area contributed by atoms with Gasteiger partial charge in [0.15, 0.2) is 5.16 Å². The second-order valence-corrected chi connectivity index (χ2v) is 7.09. The summed E-state index contributed by atoms with van der Waals surface area (Å²) in [6.45, 7) is 7.07. The van der Waals surface area contributed by atoms with Gasteiger partial charge in [-0.15, -0.1) is 5.10 Å². The molecule has 0 aliphatic heterocycles. The van der Waals surface area contributed by atoms with E-state index in [-0.39, 0.29) is 22.8 Å². The molecule has 0 unspecified atom stereocenters. The van der Waals surface area contributed by atoms with Crippen LogP contribution in [-0.4, -0.2) is 32.5 Å². The van der Waals surface area contributed by atoms with Crippen LogP contribution in [0.1, 0.15) is 38.7 Å².